The SMILES string of the molecule is O=C1OCCCN1c1cccc(-c2nc(N[C@H]3CC[C@H](C(=O)O)CC3)ncc2F)n1. The molecule has 2 aliphatic rings. The van der Waals surface area contributed by atoms with Gasteiger partial charge in [0, 0.05) is 12.6 Å². The number of carboxylic acids is 1. The summed E-state index contributed by atoms with van der Waals surface area (Å²) in [6.07, 6.45) is 3.81. The van der Waals surface area contributed by atoms with Crippen molar-refractivity contribution in [3.8, 4) is 11.4 Å². The number of hydrogen-bond acceptors (Lipinski definition) is 7. The van der Waals surface area contributed by atoms with E-state index in [1.54, 1.807) is 18.2 Å². The molecule has 9 nitrogen and oxygen atoms in total. The first-order chi connectivity index (χ1) is 14.5. The molecule has 0 unspecified atom stereocenters. The number of aliphatic carboxylic acids is 1. The van der Waals surface area contributed by atoms with E-state index in [1.165, 1.54) is 4.90 Å². The minimum atomic E-state index is -0.766. The molecule has 158 valence electrons. The van der Waals surface area contributed by atoms with Crippen molar-refractivity contribution in [2.45, 2.75) is 38.1 Å². The molecule has 1 saturated heterocycles. The van der Waals surface area contributed by atoms with E-state index >= 15 is 0 Å². The fourth-order valence-electron chi connectivity index (χ4n) is 3.75. The fraction of sp³-hybridized carbons (Fsp3) is 0.450. The van der Waals surface area contributed by atoms with E-state index in [2.05, 4.69) is 20.3 Å². The number of aromatic nitrogens is 3. The summed E-state index contributed by atoms with van der Waals surface area (Å²) in [6.45, 7) is 0.854. The monoisotopic (exact) mass is 415 g/mol. The number of carbonyl (C=O) groups excluding carboxylic acids is 1. The van der Waals surface area contributed by atoms with Crippen molar-refractivity contribution >= 4 is 23.8 Å². The second-order valence-corrected chi connectivity index (χ2v) is 7.42. The van der Waals surface area contributed by atoms with Gasteiger partial charge in [0.05, 0.1) is 24.4 Å². The van der Waals surface area contributed by atoms with Gasteiger partial charge in [0.1, 0.15) is 11.5 Å². The summed E-state index contributed by atoms with van der Waals surface area (Å²) in [7, 11) is 0. The highest BCUT2D eigenvalue weighted by atomic mass is 19.1. The van der Waals surface area contributed by atoms with Gasteiger partial charge in [-0.3, -0.25) is 9.69 Å². The zero-order chi connectivity index (χ0) is 21.1. The fourth-order valence-corrected chi connectivity index (χ4v) is 3.75. The third-order valence-corrected chi connectivity index (χ3v) is 5.38. The number of anilines is 2. The van der Waals surface area contributed by atoms with Crippen LogP contribution >= 0.6 is 0 Å². The number of nitrogens with one attached hydrogen (secondary N) is 1. The van der Waals surface area contributed by atoms with Crippen molar-refractivity contribution < 1.29 is 23.8 Å². The van der Waals surface area contributed by atoms with Crippen molar-refractivity contribution in [3.63, 3.8) is 0 Å². The molecule has 10 heteroatoms. The lowest BCUT2D eigenvalue weighted by Gasteiger charge is -2.27. The summed E-state index contributed by atoms with van der Waals surface area (Å²) < 4.78 is 19.5. The average molecular weight is 415 g/mol. The average Bonchev–Trinajstić information content (AvgIpc) is 2.76. The number of carbonyl (C=O) groups is 2. The molecule has 2 N–H and O–H groups in total. The summed E-state index contributed by atoms with van der Waals surface area (Å²) in [5.41, 5.74) is 0.308. The molecule has 1 aliphatic carbocycles. The Hall–Kier alpha value is -3.30. The van der Waals surface area contributed by atoms with E-state index in [1.807, 2.05) is 0 Å². The number of halogens is 1. The molecule has 1 aliphatic heterocycles. The Morgan fingerprint density at radius 2 is 2.03 bits per heavy atom. The molecule has 0 atom stereocenters. The molecule has 0 aromatic carbocycles. The highest BCUT2D eigenvalue weighted by Gasteiger charge is 2.27. The Balaban J connectivity index is 1.52. The number of nitrogens with zero attached hydrogens (tertiary/aromatic N) is 4. The number of carboxylic acid groups (broad SMARTS) is 1. The van der Waals surface area contributed by atoms with Crippen LogP contribution in [-0.4, -0.2) is 51.3 Å². The molecule has 1 saturated carbocycles. The maximum Gasteiger partial charge on any atom is 0.415 e. The maximum atomic E-state index is 14.5. The highest BCUT2D eigenvalue weighted by Crippen LogP contribution is 2.27. The Bertz CT molecular complexity index is 949. The summed E-state index contributed by atoms with van der Waals surface area (Å²) in [5, 5.41) is 12.3. The summed E-state index contributed by atoms with van der Waals surface area (Å²) in [6, 6.07) is 4.99. The smallest absolute Gasteiger partial charge is 0.415 e. The van der Waals surface area contributed by atoms with Crippen molar-refractivity contribution in [2.75, 3.05) is 23.4 Å². The zero-order valence-electron chi connectivity index (χ0n) is 16.3. The summed E-state index contributed by atoms with van der Waals surface area (Å²) >= 11 is 0. The van der Waals surface area contributed by atoms with Gasteiger partial charge >= 0.3 is 12.1 Å². The van der Waals surface area contributed by atoms with E-state index in [0.29, 0.717) is 51.1 Å². The normalized spacial score (nSPS) is 21.8. The third kappa shape index (κ3) is 4.32. The van der Waals surface area contributed by atoms with Crippen LogP contribution in [-0.2, 0) is 9.53 Å². The molecule has 2 aromatic rings. The van der Waals surface area contributed by atoms with Crippen LogP contribution in [0.15, 0.2) is 24.4 Å². The Kier molecular flexibility index (Phi) is 5.73. The van der Waals surface area contributed by atoms with Crippen molar-refractivity contribution in [1.82, 2.24) is 15.0 Å². The molecular weight excluding hydrogens is 393 g/mol. The largest absolute Gasteiger partial charge is 0.481 e. The highest BCUT2D eigenvalue weighted by molar-refractivity contribution is 5.87. The van der Waals surface area contributed by atoms with Crippen LogP contribution in [0, 0.1) is 11.7 Å². The lowest BCUT2D eigenvalue weighted by atomic mass is 9.86. The van der Waals surface area contributed by atoms with E-state index in [-0.39, 0.29) is 29.3 Å². The first-order valence-corrected chi connectivity index (χ1v) is 9.95. The molecule has 3 heterocycles. The maximum absolute atomic E-state index is 14.5. The van der Waals surface area contributed by atoms with Gasteiger partial charge in [0.25, 0.3) is 0 Å². The third-order valence-electron chi connectivity index (χ3n) is 5.38. The van der Waals surface area contributed by atoms with E-state index in [0.717, 1.165) is 6.20 Å². The number of rotatable bonds is 5. The molecule has 0 bridgehead atoms. The van der Waals surface area contributed by atoms with Crippen LogP contribution < -0.4 is 10.2 Å². The van der Waals surface area contributed by atoms with Gasteiger partial charge in [-0.1, -0.05) is 6.07 Å². The molecule has 4 rings (SSSR count). The van der Waals surface area contributed by atoms with Crippen LogP contribution in [0.2, 0.25) is 0 Å². The number of cyclic esters (lactones) is 1. The Morgan fingerprint density at radius 3 is 2.77 bits per heavy atom. The van der Waals surface area contributed by atoms with Crippen molar-refractivity contribution in [2.24, 2.45) is 5.92 Å². The van der Waals surface area contributed by atoms with E-state index in [9.17, 15) is 14.0 Å². The van der Waals surface area contributed by atoms with Crippen LogP contribution in [0.25, 0.3) is 11.4 Å². The first-order valence-electron chi connectivity index (χ1n) is 9.95. The van der Waals surface area contributed by atoms with Gasteiger partial charge in [0.15, 0.2) is 5.82 Å². The van der Waals surface area contributed by atoms with Gasteiger partial charge in [-0.15, -0.1) is 0 Å². The predicted octanol–water partition coefficient (Wildman–Crippen LogP) is 3.08. The van der Waals surface area contributed by atoms with E-state index < -0.39 is 17.9 Å². The molecule has 0 spiro atoms. The molecule has 0 radical (unpaired) electrons. The van der Waals surface area contributed by atoms with Crippen LogP contribution in [0.3, 0.4) is 0 Å². The number of amides is 1. The number of pyridine rings is 1. The minimum absolute atomic E-state index is 0.0268. The summed E-state index contributed by atoms with van der Waals surface area (Å²) in [4.78, 5) is 37.2. The van der Waals surface area contributed by atoms with Gasteiger partial charge in [-0.2, -0.15) is 0 Å². The Morgan fingerprint density at radius 1 is 1.23 bits per heavy atom. The van der Waals surface area contributed by atoms with Crippen molar-refractivity contribution in [3.05, 3.63) is 30.2 Å². The standard InChI is InChI=1S/C20H22FN5O4/c21-14-11-22-19(23-13-7-5-12(6-8-13)18(27)28)25-17(14)15-3-1-4-16(24-15)26-9-2-10-30-20(26)29/h1,3-4,11-13H,2,5-10H2,(H,27,28)(H,22,23,25)/t12-,13-. The van der Waals surface area contributed by atoms with Gasteiger partial charge < -0.3 is 15.2 Å². The molecule has 1 amide bonds. The minimum Gasteiger partial charge on any atom is -0.481 e. The van der Waals surface area contributed by atoms with Crippen LogP contribution in [0.1, 0.15) is 32.1 Å². The zero-order valence-corrected chi connectivity index (χ0v) is 16.3. The number of ether oxygens (including phenoxy) is 1. The predicted molar refractivity (Wildman–Crippen MR) is 106 cm³/mol. The molecular formula is C20H22FN5O4. The van der Waals surface area contributed by atoms with Gasteiger partial charge in [0.2, 0.25) is 5.95 Å². The van der Waals surface area contributed by atoms with Crippen molar-refractivity contribution in [1.29, 1.82) is 0 Å². The van der Waals surface area contributed by atoms with Crippen LogP contribution in [0.5, 0.6) is 0 Å². The van der Waals surface area contributed by atoms with Gasteiger partial charge in [-0.05, 0) is 44.2 Å². The topological polar surface area (TPSA) is 118 Å². The Labute approximate surface area is 172 Å². The van der Waals surface area contributed by atoms with Crippen LogP contribution in [0.4, 0.5) is 21.0 Å². The quantitative estimate of drug-likeness (QED) is 0.765. The van der Waals surface area contributed by atoms with E-state index in [4.69, 9.17) is 9.84 Å². The second-order valence-electron chi connectivity index (χ2n) is 7.42. The summed E-state index contributed by atoms with van der Waals surface area (Å²) in [5.74, 6) is -1.08. The first kappa shape index (κ1) is 20.0. The lowest BCUT2D eigenvalue weighted by molar-refractivity contribution is -0.142. The molecule has 30 heavy (non-hydrogen) atoms. The van der Waals surface area contributed by atoms with Gasteiger partial charge in [-0.25, -0.2) is 24.1 Å². The number of hydrogen-bond donors (Lipinski definition) is 2. The molecule has 2 aromatic heterocycles. The second kappa shape index (κ2) is 8.60. The lowest BCUT2D eigenvalue weighted by Crippen LogP contribution is -2.38. The molecule has 2 fully saturated rings.